The van der Waals surface area contributed by atoms with E-state index in [-0.39, 0.29) is 5.54 Å². The average Bonchev–Trinajstić information content (AvgIpc) is 3.29. The minimum atomic E-state index is 0.0408. The van der Waals surface area contributed by atoms with Crippen LogP contribution in [0.15, 0.2) is 30.9 Å². The Labute approximate surface area is 152 Å². The molecule has 0 unspecified atom stereocenters. The molecule has 1 saturated heterocycles. The van der Waals surface area contributed by atoms with Crippen molar-refractivity contribution in [3.63, 3.8) is 0 Å². The summed E-state index contributed by atoms with van der Waals surface area (Å²) in [5.74, 6) is 0.749. The number of aromatic nitrogens is 4. The molecule has 4 rings (SSSR count). The monoisotopic (exact) mass is 355 g/mol. The van der Waals surface area contributed by atoms with Gasteiger partial charge in [0.15, 0.2) is 0 Å². The van der Waals surface area contributed by atoms with Crippen LogP contribution in [0.4, 0.5) is 0 Å². The van der Waals surface area contributed by atoms with Crippen molar-refractivity contribution >= 4 is 16.2 Å². The van der Waals surface area contributed by atoms with Crippen molar-refractivity contribution < 1.29 is 0 Å². The number of rotatable bonds is 5. The molecular formula is C19H25N5S. The normalized spacial score (nSPS) is 19.1. The summed E-state index contributed by atoms with van der Waals surface area (Å²) < 4.78 is 1.88. The zero-order chi connectivity index (χ0) is 17.4. The van der Waals surface area contributed by atoms with Gasteiger partial charge in [0.05, 0.1) is 6.20 Å². The molecule has 6 heteroatoms. The van der Waals surface area contributed by atoms with Gasteiger partial charge in [0, 0.05) is 30.4 Å². The highest BCUT2D eigenvalue weighted by atomic mass is 32.1. The number of aryl methyl sites for hydroxylation is 2. The van der Waals surface area contributed by atoms with Crippen LogP contribution >= 0.6 is 11.3 Å². The van der Waals surface area contributed by atoms with Gasteiger partial charge in [-0.05, 0) is 57.7 Å². The molecular weight excluding hydrogens is 330 g/mol. The number of hydrogen-bond acceptors (Lipinski definition) is 5. The summed E-state index contributed by atoms with van der Waals surface area (Å²) >= 11 is 1.76. The maximum absolute atomic E-state index is 4.61. The van der Waals surface area contributed by atoms with Gasteiger partial charge in [0.2, 0.25) is 0 Å². The lowest BCUT2D eigenvalue weighted by Gasteiger charge is -2.36. The number of imidazole rings is 1. The van der Waals surface area contributed by atoms with Crippen molar-refractivity contribution in [2.45, 2.75) is 45.6 Å². The summed E-state index contributed by atoms with van der Waals surface area (Å²) in [5.41, 5.74) is 2.43. The maximum atomic E-state index is 4.61. The molecule has 5 nitrogen and oxygen atoms in total. The van der Waals surface area contributed by atoms with E-state index >= 15 is 0 Å². The van der Waals surface area contributed by atoms with Crippen LogP contribution in [-0.4, -0.2) is 37.6 Å². The van der Waals surface area contributed by atoms with E-state index in [1.165, 1.54) is 23.4 Å². The minimum Gasteiger partial charge on any atom is -0.294 e. The van der Waals surface area contributed by atoms with Crippen molar-refractivity contribution in [2.24, 2.45) is 5.92 Å². The van der Waals surface area contributed by atoms with E-state index in [1.807, 2.05) is 23.8 Å². The van der Waals surface area contributed by atoms with Gasteiger partial charge in [-0.25, -0.2) is 9.50 Å². The molecule has 0 spiro atoms. The summed E-state index contributed by atoms with van der Waals surface area (Å²) in [7, 11) is 0. The second-order valence-corrected chi connectivity index (χ2v) is 8.65. The van der Waals surface area contributed by atoms with Crippen molar-refractivity contribution in [3.05, 3.63) is 47.1 Å². The second-order valence-electron chi connectivity index (χ2n) is 7.56. The van der Waals surface area contributed by atoms with Crippen LogP contribution in [0.3, 0.4) is 0 Å². The summed E-state index contributed by atoms with van der Waals surface area (Å²) in [6.07, 6.45) is 9.26. The Balaban J connectivity index is 1.37. The molecule has 3 aromatic rings. The highest BCUT2D eigenvalue weighted by Crippen LogP contribution is 2.34. The smallest absolute Gasteiger partial charge is 0.139 e. The Hall–Kier alpha value is -1.79. The molecule has 1 aliphatic rings. The average molecular weight is 356 g/mol. The second kappa shape index (κ2) is 6.50. The highest BCUT2D eigenvalue weighted by molar-refractivity contribution is 7.17. The quantitative estimate of drug-likeness (QED) is 0.700. The SMILES string of the molecule is Cc1ccc(C(C)(C)N2CC[C@@H](CCc3nn4cncc4s3)C2)cn1. The standard InChI is InChI=1S/C19H25N5S/c1-14-4-6-16(10-21-14)19(2,3)23-9-8-15(12-23)5-7-17-22-24-13-20-11-18(24)25-17/h4,6,10-11,13,15H,5,7-9,12H2,1-3H3/t15-/m1/s1. The summed E-state index contributed by atoms with van der Waals surface area (Å²) in [5, 5.41) is 5.83. The van der Waals surface area contributed by atoms with Crippen LogP contribution < -0.4 is 0 Å². The van der Waals surface area contributed by atoms with Crippen LogP contribution in [0.2, 0.25) is 0 Å². The van der Waals surface area contributed by atoms with Gasteiger partial charge in [-0.15, -0.1) is 0 Å². The molecule has 0 radical (unpaired) electrons. The molecule has 0 aliphatic carbocycles. The first-order valence-electron chi connectivity index (χ1n) is 8.98. The fraction of sp³-hybridized carbons (Fsp3) is 0.526. The van der Waals surface area contributed by atoms with Crippen LogP contribution in [0.25, 0.3) is 4.83 Å². The van der Waals surface area contributed by atoms with E-state index in [9.17, 15) is 0 Å². The first kappa shape index (κ1) is 16.7. The Bertz CT molecular complexity index is 820. The van der Waals surface area contributed by atoms with Crippen molar-refractivity contribution in [1.82, 2.24) is 24.5 Å². The maximum Gasteiger partial charge on any atom is 0.139 e. The van der Waals surface area contributed by atoms with Gasteiger partial charge >= 0.3 is 0 Å². The third kappa shape index (κ3) is 3.33. The summed E-state index contributed by atoms with van der Waals surface area (Å²) in [6, 6.07) is 4.34. The van der Waals surface area contributed by atoms with Gasteiger partial charge in [0.1, 0.15) is 16.2 Å². The topological polar surface area (TPSA) is 46.3 Å². The van der Waals surface area contributed by atoms with Crippen molar-refractivity contribution in [1.29, 1.82) is 0 Å². The van der Waals surface area contributed by atoms with E-state index in [4.69, 9.17) is 0 Å². The molecule has 25 heavy (non-hydrogen) atoms. The van der Waals surface area contributed by atoms with Crippen molar-refractivity contribution in [2.75, 3.05) is 13.1 Å². The predicted molar refractivity (Wildman–Crippen MR) is 101 cm³/mol. The lowest BCUT2D eigenvalue weighted by Crippen LogP contribution is -2.40. The molecule has 0 aromatic carbocycles. The van der Waals surface area contributed by atoms with Gasteiger partial charge in [0.25, 0.3) is 0 Å². The molecule has 3 aromatic heterocycles. The molecule has 0 saturated carbocycles. The highest BCUT2D eigenvalue weighted by Gasteiger charge is 2.34. The molecule has 4 heterocycles. The molecule has 1 fully saturated rings. The molecule has 0 N–H and O–H groups in total. The molecule has 0 amide bonds. The lowest BCUT2D eigenvalue weighted by molar-refractivity contribution is 0.148. The molecule has 132 valence electrons. The Morgan fingerprint density at radius 1 is 1.28 bits per heavy atom. The largest absolute Gasteiger partial charge is 0.294 e. The zero-order valence-corrected chi connectivity index (χ0v) is 16.0. The Morgan fingerprint density at radius 3 is 2.92 bits per heavy atom. The van der Waals surface area contributed by atoms with E-state index in [2.05, 4.69) is 45.9 Å². The lowest BCUT2D eigenvalue weighted by atomic mass is 9.93. The third-order valence-electron chi connectivity index (χ3n) is 5.49. The zero-order valence-electron chi connectivity index (χ0n) is 15.1. The van der Waals surface area contributed by atoms with Gasteiger partial charge in [-0.1, -0.05) is 17.4 Å². The first-order valence-corrected chi connectivity index (χ1v) is 9.80. The van der Waals surface area contributed by atoms with Gasteiger partial charge in [-0.2, -0.15) is 5.10 Å². The first-order chi connectivity index (χ1) is 12.0. The number of likely N-dealkylation sites (tertiary alicyclic amines) is 1. The number of fused-ring (bicyclic) bond motifs is 1. The fourth-order valence-electron chi connectivity index (χ4n) is 3.70. The number of nitrogens with zero attached hydrogens (tertiary/aromatic N) is 5. The van der Waals surface area contributed by atoms with Crippen LogP contribution in [-0.2, 0) is 12.0 Å². The number of pyridine rings is 1. The van der Waals surface area contributed by atoms with E-state index in [0.717, 1.165) is 36.0 Å². The van der Waals surface area contributed by atoms with E-state index < -0.39 is 0 Å². The van der Waals surface area contributed by atoms with Gasteiger partial charge in [-0.3, -0.25) is 9.88 Å². The van der Waals surface area contributed by atoms with Crippen LogP contribution in [0.1, 0.15) is 43.0 Å². The Kier molecular flexibility index (Phi) is 4.33. The predicted octanol–water partition coefficient (Wildman–Crippen LogP) is 3.68. The van der Waals surface area contributed by atoms with Crippen LogP contribution in [0.5, 0.6) is 0 Å². The minimum absolute atomic E-state index is 0.0408. The van der Waals surface area contributed by atoms with Crippen LogP contribution in [0, 0.1) is 12.8 Å². The van der Waals surface area contributed by atoms with Crippen molar-refractivity contribution in [3.8, 4) is 0 Å². The summed E-state index contributed by atoms with van der Waals surface area (Å²) in [4.78, 5) is 12.3. The van der Waals surface area contributed by atoms with E-state index in [0.29, 0.717) is 0 Å². The number of hydrogen-bond donors (Lipinski definition) is 0. The molecule has 1 atom stereocenters. The Morgan fingerprint density at radius 2 is 2.16 bits per heavy atom. The molecule has 0 bridgehead atoms. The van der Waals surface area contributed by atoms with E-state index in [1.54, 1.807) is 17.7 Å². The fourth-order valence-corrected chi connectivity index (χ4v) is 4.59. The third-order valence-corrected chi connectivity index (χ3v) is 6.51. The molecule has 1 aliphatic heterocycles. The van der Waals surface area contributed by atoms with Gasteiger partial charge < -0.3 is 0 Å². The summed E-state index contributed by atoms with van der Waals surface area (Å²) in [6.45, 7) is 9.00.